The zero-order valence-electron chi connectivity index (χ0n) is 14.4. The fourth-order valence-electron chi connectivity index (χ4n) is 3.00. The van der Waals surface area contributed by atoms with Gasteiger partial charge in [-0.15, -0.1) is 0 Å². The van der Waals surface area contributed by atoms with E-state index < -0.39 is 11.7 Å². The number of nitrogens with zero attached hydrogens (tertiary/aromatic N) is 5. The van der Waals surface area contributed by atoms with Gasteiger partial charge in [-0.2, -0.15) is 5.26 Å². The van der Waals surface area contributed by atoms with Crippen molar-refractivity contribution >= 4 is 17.4 Å². The smallest absolute Gasteiger partial charge is 0.250 e. The molecule has 1 saturated heterocycles. The Morgan fingerprint density at radius 2 is 2.00 bits per heavy atom. The first-order valence-corrected chi connectivity index (χ1v) is 8.18. The van der Waals surface area contributed by atoms with Crippen LogP contribution in [0.15, 0.2) is 36.5 Å². The van der Waals surface area contributed by atoms with Crippen molar-refractivity contribution in [2.45, 2.75) is 0 Å². The number of nitrogens with two attached hydrogens (primary N) is 1. The molecule has 0 unspecified atom stereocenters. The van der Waals surface area contributed by atoms with Gasteiger partial charge in [0, 0.05) is 39.4 Å². The molecule has 1 aliphatic heterocycles. The Hall–Kier alpha value is -3.18. The van der Waals surface area contributed by atoms with E-state index >= 15 is 0 Å². The number of hydrazine groups is 1. The number of primary amides is 1. The normalized spacial score (nSPS) is 14.7. The standard InChI is InChI=1S/C18H19FN6O/c1-23(16-4-3-14(19)10-15(16)18(21)26)25-8-6-24(7-9-25)17-5-2-13(11-20)12-22-17/h2-5,10,12H,6-9H2,1H3,(H2,21,26). The first-order valence-electron chi connectivity index (χ1n) is 8.18. The van der Waals surface area contributed by atoms with Crippen molar-refractivity contribution < 1.29 is 9.18 Å². The van der Waals surface area contributed by atoms with E-state index in [1.807, 2.05) is 18.1 Å². The third kappa shape index (κ3) is 3.58. The second-order valence-corrected chi connectivity index (χ2v) is 6.01. The average Bonchev–Trinajstić information content (AvgIpc) is 2.67. The van der Waals surface area contributed by atoms with Crippen LogP contribution in [-0.4, -0.2) is 49.1 Å². The lowest BCUT2D eigenvalue weighted by Gasteiger charge is -2.41. The molecular formula is C18H19FN6O. The van der Waals surface area contributed by atoms with Gasteiger partial charge in [-0.25, -0.2) is 14.4 Å². The Morgan fingerprint density at radius 3 is 2.58 bits per heavy atom. The highest BCUT2D eigenvalue weighted by molar-refractivity contribution is 5.98. The van der Waals surface area contributed by atoms with Crippen molar-refractivity contribution in [2.75, 3.05) is 43.1 Å². The SMILES string of the molecule is CN(c1ccc(F)cc1C(N)=O)N1CCN(c2ccc(C#N)cn2)CC1. The number of nitriles is 1. The molecular weight excluding hydrogens is 335 g/mol. The number of rotatable bonds is 4. The van der Waals surface area contributed by atoms with Crippen LogP contribution in [0.1, 0.15) is 15.9 Å². The lowest BCUT2D eigenvalue weighted by molar-refractivity contribution is 0.0999. The summed E-state index contributed by atoms with van der Waals surface area (Å²) in [5.41, 5.74) is 6.64. The van der Waals surface area contributed by atoms with Crippen LogP contribution in [-0.2, 0) is 0 Å². The molecule has 0 saturated carbocycles. The molecule has 0 spiro atoms. The summed E-state index contributed by atoms with van der Waals surface area (Å²) in [5, 5.41) is 12.8. The molecule has 3 rings (SSSR count). The van der Waals surface area contributed by atoms with Crippen LogP contribution >= 0.6 is 0 Å². The lowest BCUT2D eigenvalue weighted by Crippen LogP contribution is -2.53. The van der Waals surface area contributed by atoms with Gasteiger partial charge in [0.05, 0.1) is 16.8 Å². The van der Waals surface area contributed by atoms with Crippen LogP contribution in [0.2, 0.25) is 0 Å². The lowest BCUT2D eigenvalue weighted by atomic mass is 10.1. The average molecular weight is 354 g/mol. The Morgan fingerprint density at radius 1 is 1.27 bits per heavy atom. The number of pyridine rings is 1. The summed E-state index contributed by atoms with van der Waals surface area (Å²) < 4.78 is 13.4. The predicted molar refractivity (Wildman–Crippen MR) is 96.1 cm³/mol. The highest BCUT2D eigenvalue weighted by atomic mass is 19.1. The predicted octanol–water partition coefficient (Wildman–Crippen LogP) is 1.36. The molecule has 2 heterocycles. The van der Waals surface area contributed by atoms with Crippen LogP contribution in [0.5, 0.6) is 0 Å². The fraction of sp³-hybridized carbons (Fsp3) is 0.278. The molecule has 134 valence electrons. The second kappa shape index (κ2) is 7.37. The Labute approximate surface area is 151 Å². The van der Waals surface area contributed by atoms with Gasteiger partial charge in [-0.05, 0) is 30.3 Å². The third-order valence-corrected chi connectivity index (χ3v) is 4.45. The van der Waals surface area contributed by atoms with Crippen molar-refractivity contribution in [1.29, 1.82) is 5.26 Å². The molecule has 1 aromatic heterocycles. The van der Waals surface area contributed by atoms with E-state index in [1.165, 1.54) is 6.07 Å². The summed E-state index contributed by atoms with van der Waals surface area (Å²) in [4.78, 5) is 18.1. The molecule has 2 N–H and O–H groups in total. The number of hydrogen-bond acceptors (Lipinski definition) is 6. The number of hydrogen-bond donors (Lipinski definition) is 1. The van der Waals surface area contributed by atoms with E-state index in [2.05, 4.69) is 21.0 Å². The van der Waals surface area contributed by atoms with Crippen LogP contribution in [0.4, 0.5) is 15.9 Å². The summed E-state index contributed by atoms with van der Waals surface area (Å²) in [6, 6.07) is 9.67. The highest BCUT2D eigenvalue weighted by Gasteiger charge is 2.23. The van der Waals surface area contributed by atoms with Crippen molar-refractivity contribution in [2.24, 2.45) is 5.73 Å². The number of carbonyl (C=O) groups is 1. The number of benzene rings is 1. The van der Waals surface area contributed by atoms with Crippen LogP contribution in [0, 0.1) is 17.1 Å². The summed E-state index contributed by atoms with van der Waals surface area (Å²) >= 11 is 0. The van der Waals surface area contributed by atoms with Gasteiger partial charge < -0.3 is 15.6 Å². The topological polar surface area (TPSA) is 89.5 Å². The monoisotopic (exact) mass is 354 g/mol. The third-order valence-electron chi connectivity index (χ3n) is 4.45. The number of piperazine rings is 1. The molecule has 0 atom stereocenters. The van der Waals surface area contributed by atoms with Crippen molar-refractivity contribution in [1.82, 2.24) is 9.99 Å². The first-order chi connectivity index (χ1) is 12.5. The van der Waals surface area contributed by atoms with Crippen LogP contribution in [0.3, 0.4) is 0 Å². The van der Waals surface area contributed by atoms with Crippen molar-refractivity contribution in [3.05, 3.63) is 53.5 Å². The minimum absolute atomic E-state index is 0.156. The summed E-state index contributed by atoms with van der Waals surface area (Å²) in [6.45, 7) is 2.87. The van der Waals surface area contributed by atoms with Gasteiger partial charge in [0.25, 0.3) is 5.91 Å². The summed E-state index contributed by atoms with van der Waals surface area (Å²) in [6.07, 6.45) is 1.56. The molecule has 1 aliphatic rings. The molecule has 26 heavy (non-hydrogen) atoms. The van der Waals surface area contributed by atoms with E-state index in [-0.39, 0.29) is 5.56 Å². The maximum Gasteiger partial charge on any atom is 0.250 e. The molecule has 2 aromatic rings. The van der Waals surface area contributed by atoms with Gasteiger partial charge in [-0.1, -0.05) is 0 Å². The van der Waals surface area contributed by atoms with Crippen molar-refractivity contribution in [3.63, 3.8) is 0 Å². The first kappa shape index (κ1) is 17.6. The van der Waals surface area contributed by atoms with Gasteiger partial charge in [-0.3, -0.25) is 4.79 Å². The Kier molecular flexibility index (Phi) is 5.00. The second-order valence-electron chi connectivity index (χ2n) is 6.01. The van der Waals surface area contributed by atoms with Crippen LogP contribution < -0.4 is 15.6 Å². The van der Waals surface area contributed by atoms with E-state index in [9.17, 15) is 9.18 Å². The number of halogens is 1. The minimum Gasteiger partial charge on any atom is -0.366 e. The molecule has 0 radical (unpaired) electrons. The van der Waals surface area contributed by atoms with Gasteiger partial charge in [0.2, 0.25) is 0 Å². The van der Waals surface area contributed by atoms with E-state index in [0.717, 1.165) is 25.0 Å². The largest absolute Gasteiger partial charge is 0.366 e. The van der Waals surface area contributed by atoms with E-state index in [1.54, 1.807) is 18.3 Å². The van der Waals surface area contributed by atoms with Crippen molar-refractivity contribution in [3.8, 4) is 6.07 Å². The fourth-order valence-corrected chi connectivity index (χ4v) is 3.00. The maximum atomic E-state index is 13.4. The minimum atomic E-state index is -0.660. The van der Waals surface area contributed by atoms with E-state index in [0.29, 0.717) is 24.3 Å². The molecule has 7 nitrogen and oxygen atoms in total. The zero-order valence-corrected chi connectivity index (χ0v) is 14.4. The van der Waals surface area contributed by atoms with Gasteiger partial charge >= 0.3 is 0 Å². The molecule has 1 aromatic carbocycles. The number of aromatic nitrogens is 1. The number of amides is 1. The Balaban J connectivity index is 1.70. The summed E-state index contributed by atoms with van der Waals surface area (Å²) in [7, 11) is 1.83. The molecule has 0 bridgehead atoms. The molecule has 1 amide bonds. The van der Waals surface area contributed by atoms with Gasteiger partial charge in [0.15, 0.2) is 0 Å². The quantitative estimate of drug-likeness (QED) is 0.892. The summed E-state index contributed by atoms with van der Waals surface area (Å²) in [5.74, 6) is -0.328. The van der Waals surface area contributed by atoms with Gasteiger partial charge in [0.1, 0.15) is 17.7 Å². The molecule has 0 aliphatic carbocycles. The number of carbonyl (C=O) groups excluding carboxylic acids is 1. The zero-order chi connectivity index (χ0) is 18.7. The highest BCUT2D eigenvalue weighted by Crippen LogP contribution is 2.23. The molecule has 8 heteroatoms. The van der Waals surface area contributed by atoms with E-state index in [4.69, 9.17) is 11.0 Å². The molecule has 1 fully saturated rings. The Bertz CT molecular complexity index is 840. The number of anilines is 2. The van der Waals surface area contributed by atoms with Crippen LogP contribution in [0.25, 0.3) is 0 Å². The maximum absolute atomic E-state index is 13.4.